The minimum atomic E-state index is 0.192. The minimum Gasteiger partial charge on any atom is -0.342 e. The van der Waals surface area contributed by atoms with Gasteiger partial charge in [-0.3, -0.25) is 4.79 Å². The second-order valence-electron chi connectivity index (χ2n) is 7.14. The number of hydrogen-bond donors (Lipinski definition) is 1. The molecule has 3 heteroatoms. The fourth-order valence-electron chi connectivity index (χ4n) is 3.46. The Kier molecular flexibility index (Phi) is 4.54. The predicted molar refractivity (Wildman–Crippen MR) is 78.7 cm³/mol. The van der Waals surface area contributed by atoms with Crippen molar-refractivity contribution < 1.29 is 4.79 Å². The van der Waals surface area contributed by atoms with Gasteiger partial charge in [-0.25, -0.2) is 0 Å². The second-order valence-corrected chi connectivity index (χ2v) is 7.14. The molecule has 1 heterocycles. The Morgan fingerprint density at radius 2 is 1.95 bits per heavy atom. The van der Waals surface area contributed by atoms with E-state index in [2.05, 4.69) is 25.7 Å². The van der Waals surface area contributed by atoms with Crippen LogP contribution in [0.4, 0.5) is 0 Å². The summed E-state index contributed by atoms with van der Waals surface area (Å²) in [5.41, 5.74) is 6.58. The van der Waals surface area contributed by atoms with Gasteiger partial charge in [0.15, 0.2) is 0 Å². The van der Waals surface area contributed by atoms with Gasteiger partial charge in [0, 0.05) is 25.0 Å². The number of nitrogens with zero attached hydrogens (tertiary/aromatic N) is 1. The molecule has 0 radical (unpaired) electrons. The molecule has 1 amide bonds. The highest BCUT2D eigenvalue weighted by molar-refractivity contribution is 5.79. The van der Waals surface area contributed by atoms with Gasteiger partial charge in [0.1, 0.15) is 0 Å². The molecule has 1 saturated heterocycles. The van der Waals surface area contributed by atoms with Crippen molar-refractivity contribution in [2.45, 2.75) is 65.3 Å². The van der Waals surface area contributed by atoms with Crippen molar-refractivity contribution in [1.29, 1.82) is 0 Å². The number of piperidine rings is 1. The molecule has 2 rings (SSSR count). The van der Waals surface area contributed by atoms with Crippen LogP contribution in [0.1, 0.15) is 59.3 Å². The molecule has 0 spiro atoms. The number of carbonyl (C=O) groups is 1. The molecule has 2 N–H and O–H groups in total. The third-order valence-corrected chi connectivity index (χ3v) is 5.74. The SMILES string of the molecule is CCC1(C)CCN(C(=O)C2CCC(C)C(N)C2)CC1. The van der Waals surface area contributed by atoms with Crippen LogP contribution in [0.5, 0.6) is 0 Å². The lowest BCUT2D eigenvalue weighted by Gasteiger charge is -2.41. The summed E-state index contributed by atoms with van der Waals surface area (Å²) < 4.78 is 0. The normalized spacial score (nSPS) is 35.2. The summed E-state index contributed by atoms with van der Waals surface area (Å²) in [5, 5.41) is 0. The summed E-state index contributed by atoms with van der Waals surface area (Å²) >= 11 is 0. The van der Waals surface area contributed by atoms with Crippen LogP contribution < -0.4 is 5.73 Å². The second kappa shape index (κ2) is 5.82. The van der Waals surface area contributed by atoms with Gasteiger partial charge in [0.2, 0.25) is 5.91 Å². The van der Waals surface area contributed by atoms with Crippen molar-refractivity contribution in [2.75, 3.05) is 13.1 Å². The van der Waals surface area contributed by atoms with Gasteiger partial charge in [0.05, 0.1) is 0 Å². The molecule has 1 saturated carbocycles. The van der Waals surface area contributed by atoms with E-state index in [1.807, 2.05) is 0 Å². The van der Waals surface area contributed by atoms with Gasteiger partial charge in [-0.2, -0.15) is 0 Å². The van der Waals surface area contributed by atoms with E-state index in [-0.39, 0.29) is 12.0 Å². The zero-order chi connectivity index (χ0) is 14.0. The maximum Gasteiger partial charge on any atom is 0.225 e. The Labute approximate surface area is 117 Å². The smallest absolute Gasteiger partial charge is 0.225 e. The zero-order valence-corrected chi connectivity index (χ0v) is 12.8. The molecule has 0 aromatic heterocycles. The van der Waals surface area contributed by atoms with Crippen molar-refractivity contribution in [1.82, 2.24) is 4.90 Å². The maximum absolute atomic E-state index is 12.6. The molecule has 2 fully saturated rings. The van der Waals surface area contributed by atoms with Crippen molar-refractivity contribution in [3.8, 4) is 0 Å². The lowest BCUT2D eigenvalue weighted by molar-refractivity contribution is -0.139. The van der Waals surface area contributed by atoms with Crippen LogP contribution in [-0.4, -0.2) is 29.9 Å². The highest BCUT2D eigenvalue weighted by Gasteiger charge is 2.35. The first-order valence-corrected chi connectivity index (χ1v) is 7.99. The van der Waals surface area contributed by atoms with Gasteiger partial charge in [-0.05, 0) is 43.4 Å². The first-order chi connectivity index (χ1) is 8.95. The molecule has 110 valence electrons. The summed E-state index contributed by atoms with van der Waals surface area (Å²) in [5.74, 6) is 1.14. The molecule has 2 aliphatic rings. The number of carbonyl (C=O) groups excluding carboxylic acids is 1. The van der Waals surface area contributed by atoms with Crippen LogP contribution in [0.25, 0.3) is 0 Å². The molecule has 3 atom stereocenters. The first-order valence-electron chi connectivity index (χ1n) is 7.99. The van der Waals surface area contributed by atoms with Gasteiger partial charge >= 0.3 is 0 Å². The Balaban J connectivity index is 1.88. The third-order valence-electron chi connectivity index (χ3n) is 5.74. The minimum absolute atomic E-state index is 0.192. The monoisotopic (exact) mass is 266 g/mol. The van der Waals surface area contributed by atoms with Gasteiger partial charge in [-0.1, -0.05) is 27.2 Å². The van der Waals surface area contributed by atoms with Crippen molar-refractivity contribution in [3.05, 3.63) is 0 Å². The van der Waals surface area contributed by atoms with Crippen LogP contribution in [0.15, 0.2) is 0 Å². The lowest BCUT2D eigenvalue weighted by atomic mass is 9.76. The summed E-state index contributed by atoms with van der Waals surface area (Å²) in [4.78, 5) is 14.7. The molecule has 3 nitrogen and oxygen atoms in total. The van der Waals surface area contributed by atoms with Crippen LogP contribution >= 0.6 is 0 Å². The van der Waals surface area contributed by atoms with Crippen molar-refractivity contribution in [2.24, 2.45) is 23.0 Å². The molecule has 0 aromatic carbocycles. The molecule has 1 aliphatic heterocycles. The first kappa shape index (κ1) is 14.8. The highest BCUT2D eigenvalue weighted by Crippen LogP contribution is 2.36. The number of likely N-dealkylation sites (tertiary alicyclic amines) is 1. The standard InChI is InChI=1S/C16H30N2O/c1-4-16(3)7-9-18(10-8-16)15(19)13-6-5-12(2)14(17)11-13/h12-14H,4-11,17H2,1-3H3. The Morgan fingerprint density at radius 1 is 1.32 bits per heavy atom. The summed E-state index contributed by atoms with van der Waals surface area (Å²) in [6.45, 7) is 8.72. The molecular weight excluding hydrogens is 236 g/mol. The van der Waals surface area contributed by atoms with Crippen LogP contribution in [0, 0.1) is 17.3 Å². The highest BCUT2D eigenvalue weighted by atomic mass is 16.2. The molecule has 3 unspecified atom stereocenters. The van der Waals surface area contributed by atoms with E-state index >= 15 is 0 Å². The summed E-state index contributed by atoms with van der Waals surface area (Å²) in [6, 6.07) is 0.216. The Morgan fingerprint density at radius 3 is 2.47 bits per heavy atom. The summed E-state index contributed by atoms with van der Waals surface area (Å²) in [7, 11) is 0. The van der Waals surface area contributed by atoms with E-state index in [0.29, 0.717) is 17.2 Å². The fraction of sp³-hybridized carbons (Fsp3) is 0.938. The van der Waals surface area contributed by atoms with E-state index in [9.17, 15) is 4.79 Å². The maximum atomic E-state index is 12.6. The predicted octanol–water partition coefficient (Wildman–Crippen LogP) is 2.79. The number of hydrogen-bond acceptors (Lipinski definition) is 2. The van der Waals surface area contributed by atoms with Gasteiger partial charge in [-0.15, -0.1) is 0 Å². The molecular formula is C16H30N2O. The zero-order valence-electron chi connectivity index (χ0n) is 12.8. The average molecular weight is 266 g/mol. The number of rotatable bonds is 2. The van der Waals surface area contributed by atoms with E-state index in [1.165, 1.54) is 6.42 Å². The quantitative estimate of drug-likeness (QED) is 0.835. The van der Waals surface area contributed by atoms with Crippen molar-refractivity contribution in [3.63, 3.8) is 0 Å². The number of amides is 1. The van der Waals surface area contributed by atoms with Gasteiger partial charge in [0.25, 0.3) is 0 Å². The Bertz CT molecular complexity index is 321. The van der Waals surface area contributed by atoms with Crippen LogP contribution in [-0.2, 0) is 4.79 Å². The average Bonchev–Trinajstić information content (AvgIpc) is 2.42. The molecule has 0 bridgehead atoms. The van der Waals surface area contributed by atoms with E-state index in [4.69, 9.17) is 5.73 Å². The van der Waals surface area contributed by atoms with E-state index in [0.717, 1.165) is 45.2 Å². The topological polar surface area (TPSA) is 46.3 Å². The largest absolute Gasteiger partial charge is 0.342 e. The molecule has 0 aromatic rings. The van der Waals surface area contributed by atoms with Gasteiger partial charge < -0.3 is 10.6 Å². The van der Waals surface area contributed by atoms with Crippen LogP contribution in [0.3, 0.4) is 0 Å². The van der Waals surface area contributed by atoms with E-state index < -0.39 is 0 Å². The molecule has 19 heavy (non-hydrogen) atoms. The number of nitrogens with two attached hydrogens (primary N) is 1. The fourth-order valence-corrected chi connectivity index (χ4v) is 3.46. The summed E-state index contributed by atoms with van der Waals surface area (Å²) in [6.07, 6.45) is 6.57. The van der Waals surface area contributed by atoms with E-state index in [1.54, 1.807) is 0 Å². The molecule has 1 aliphatic carbocycles. The lowest BCUT2D eigenvalue weighted by Crippen LogP contribution is -2.47. The van der Waals surface area contributed by atoms with Crippen LogP contribution in [0.2, 0.25) is 0 Å². The third kappa shape index (κ3) is 3.31. The van der Waals surface area contributed by atoms with Crippen molar-refractivity contribution >= 4 is 5.91 Å². The Hall–Kier alpha value is -0.570.